The van der Waals surface area contributed by atoms with E-state index in [1.165, 1.54) is 0 Å². The highest BCUT2D eigenvalue weighted by Crippen LogP contribution is 1.91. The van der Waals surface area contributed by atoms with Gasteiger partial charge in [-0.15, -0.1) is 6.42 Å². The quantitative estimate of drug-likeness (QED) is 0.563. The molecule has 0 unspecified atom stereocenters. The van der Waals surface area contributed by atoms with Gasteiger partial charge in [-0.2, -0.15) is 0 Å². The number of carbonyl (C=O) groups excluding carboxylic acids is 1. The van der Waals surface area contributed by atoms with E-state index in [2.05, 4.69) is 11.2 Å². The molecule has 0 heterocycles. The fraction of sp³-hybridized carbons (Fsp3) is 0.625. The van der Waals surface area contributed by atoms with Gasteiger partial charge < -0.3 is 5.32 Å². The van der Waals surface area contributed by atoms with Gasteiger partial charge in [-0.3, -0.25) is 4.79 Å². The molecule has 1 atom stereocenters. The average molecular weight is 139 g/mol. The Morgan fingerprint density at radius 2 is 2.00 bits per heavy atom. The SMILES string of the molecule is C#C[C@@H](C)NC(=O)C(C)C. The van der Waals surface area contributed by atoms with Crippen molar-refractivity contribution in [3.8, 4) is 12.3 Å². The Hall–Kier alpha value is -0.970. The van der Waals surface area contributed by atoms with Crippen molar-refractivity contribution in [2.75, 3.05) is 0 Å². The maximum absolute atomic E-state index is 10.9. The molecule has 0 aromatic heterocycles. The first kappa shape index (κ1) is 9.03. The minimum Gasteiger partial charge on any atom is -0.343 e. The number of hydrogen-bond acceptors (Lipinski definition) is 1. The average Bonchev–Trinajstić information content (AvgIpc) is 1.87. The van der Waals surface area contributed by atoms with Gasteiger partial charge >= 0.3 is 0 Å². The van der Waals surface area contributed by atoms with Gasteiger partial charge in [0.15, 0.2) is 0 Å². The molecule has 0 aromatic carbocycles. The lowest BCUT2D eigenvalue weighted by molar-refractivity contribution is -0.124. The summed E-state index contributed by atoms with van der Waals surface area (Å²) in [4.78, 5) is 10.9. The van der Waals surface area contributed by atoms with Crippen LogP contribution in [0.5, 0.6) is 0 Å². The van der Waals surface area contributed by atoms with Gasteiger partial charge in [0.25, 0.3) is 0 Å². The van der Waals surface area contributed by atoms with Gasteiger partial charge in [0.2, 0.25) is 5.91 Å². The molecule has 0 fully saturated rings. The first-order valence-electron chi connectivity index (χ1n) is 3.34. The fourth-order valence-electron chi connectivity index (χ4n) is 0.422. The van der Waals surface area contributed by atoms with Crippen molar-refractivity contribution in [3.63, 3.8) is 0 Å². The molecule has 0 aliphatic rings. The molecule has 0 aromatic rings. The van der Waals surface area contributed by atoms with Crippen molar-refractivity contribution in [3.05, 3.63) is 0 Å². The second-order valence-corrected chi connectivity index (χ2v) is 2.55. The van der Waals surface area contributed by atoms with Gasteiger partial charge in [-0.05, 0) is 6.92 Å². The largest absolute Gasteiger partial charge is 0.343 e. The molecule has 2 heteroatoms. The van der Waals surface area contributed by atoms with Crippen LogP contribution in [0.4, 0.5) is 0 Å². The molecular weight excluding hydrogens is 126 g/mol. The third-order valence-corrected chi connectivity index (χ3v) is 1.13. The lowest BCUT2D eigenvalue weighted by atomic mass is 10.2. The van der Waals surface area contributed by atoms with E-state index in [0.717, 1.165) is 0 Å². The fourth-order valence-corrected chi connectivity index (χ4v) is 0.422. The molecule has 0 saturated heterocycles. The summed E-state index contributed by atoms with van der Waals surface area (Å²) in [6, 6.07) is -0.158. The Balaban J connectivity index is 3.71. The summed E-state index contributed by atoms with van der Waals surface area (Å²) in [5.74, 6) is 2.43. The Morgan fingerprint density at radius 3 is 2.30 bits per heavy atom. The molecule has 0 rings (SSSR count). The lowest BCUT2D eigenvalue weighted by Gasteiger charge is -2.09. The van der Waals surface area contributed by atoms with E-state index < -0.39 is 0 Å². The van der Waals surface area contributed by atoms with E-state index in [-0.39, 0.29) is 17.9 Å². The number of carbonyl (C=O) groups is 1. The minimum absolute atomic E-state index is 0.00505. The van der Waals surface area contributed by atoms with E-state index in [9.17, 15) is 4.79 Å². The van der Waals surface area contributed by atoms with Crippen molar-refractivity contribution in [2.24, 2.45) is 5.92 Å². The first-order valence-corrected chi connectivity index (χ1v) is 3.34. The highest BCUT2D eigenvalue weighted by atomic mass is 16.1. The van der Waals surface area contributed by atoms with E-state index in [1.54, 1.807) is 6.92 Å². The minimum atomic E-state index is -0.158. The number of amides is 1. The van der Waals surface area contributed by atoms with Crippen molar-refractivity contribution in [2.45, 2.75) is 26.8 Å². The van der Waals surface area contributed by atoms with Crippen molar-refractivity contribution < 1.29 is 4.79 Å². The Kier molecular flexibility index (Phi) is 3.56. The van der Waals surface area contributed by atoms with Crippen molar-refractivity contribution in [1.82, 2.24) is 5.32 Å². The van der Waals surface area contributed by atoms with Crippen molar-refractivity contribution >= 4 is 5.91 Å². The van der Waals surface area contributed by atoms with E-state index in [4.69, 9.17) is 6.42 Å². The number of nitrogens with one attached hydrogen (secondary N) is 1. The second-order valence-electron chi connectivity index (χ2n) is 2.55. The van der Waals surface area contributed by atoms with Gasteiger partial charge in [0, 0.05) is 5.92 Å². The molecule has 2 nitrogen and oxygen atoms in total. The highest BCUT2D eigenvalue weighted by Gasteiger charge is 2.07. The topological polar surface area (TPSA) is 29.1 Å². The molecule has 0 bridgehead atoms. The standard InChI is InChI=1S/C8H13NO/c1-5-7(4)9-8(10)6(2)3/h1,6-7H,2-4H3,(H,9,10)/t7-/m1/s1. The van der Waals surface area contributed by atoms with Gasteiger partial charge in [0.05, 0.1) is 6.04 Å². The molecule has 0 saturated carbocycles. The highest BCUT2D eigenvalue weighted by molar-refractivity contribution is 5.78. The predicted octanol–water partition coefficient (Wildman–Crippen LogP) is 0.780. The van der Waals surface area contributed by atoms with Crippen LogP contribution in [0.1, 0.15) is 20.8 Å². The lowest BCUT2D eigenvalue weighted by Crippen LogP contribution is -2.34. The normalized spacial score (nSPS) is 12.3. The molecule has 0 aliphatic heterocycles. The van der Waals surface area contributed by atoms with Gasteiger partial charge in [-0.25, -0.2) is 0 Å². The first-order chi connectivity index (χ1) is 4.57. The summed E-state index contributed by atoms with van der Waals surface area (Å²) < 4.78 is 0. The molecule has 0 aliphatic carbocycles. The number of terminal acetylenes is 1. The summed E-state index contributed by atoms with van der Waals surface area (Å²) in [5, 5.41) is 2.65. The van der Waals surface area contributed by atoms with E-state index in [1.807, 2.05) is 13.8 Å². The van der Waals surface area contributed by atoms with Crippen LogP contribution in [-0.2, 0) is 4.79 Å². The van der Waals surface area contributed by atoms with Crippen LogP contribution < -0.4 is 5.32 Å². The summed E-state index contributed by atoms with van der Waals surface area (Å²) in [6.45, 7) is 5.44. The molecular formula is C8H13NO. The van der Waals surface area contributed by atoms with Crippen LogP contribution in [0.15, 0.2) is 0 Å². The molecule has 1 amide bonds. The maximum Gasteiger partial charge on any atom is 0.223 e. The monoisotopic (exact) mass is 139 g/mol. The number of rotatable bonds is 2. The zero-order valence-electron chi connectivity index (χ0n) is 6.64. The molecule has 0 spiro atoms. The van der Waals surface area contributed by atoms with E-state index in [0.29, 0.717) is 0 Å². The van der Waals surface area contributed by atoms with Crippen LogP contribution in [-0.4, -0.2) is 11.9 Å². The second kappa shape index (κ2) is 3.94. The Morgan fingerprint density at radius 1 is 1.50 bits per heavy atom. The zero-order valence-corrected chi connectivity index (χ0v) is 6.64. The van der Waals surface area contributed by atoms with Gasteiger partial charge in [0.1, 0.15) is 0 Å². The molecule has 10 heavy (non-hydrogen) atoms. The summed E-state index contributed by atoms with van der Waals surface area (Å²) in [6.07, 6.45) is 5.06. The predicted molar refractivity (Wildman–Crippen MR) is 41.3 cm³/mol. The summed E-state index contributed by atoms with van der Waals surface area (Å²) in [7, 11) is 0. The zero-order chi connectivity index (χ0) is 8.15. The molecule has 56 valence electrons. The third-order valence-electron chi connectivity index (χ3n) is 1.13. The maximum atomic E-state index is 10.9. The van der Waals surface area contributed by atoms with Gasteiger partial charge in [-0.1, -0.05) is 19.8 Å². The number of hydrogen-bond donors (Lipinski definition) is 1. The summed E-state index contributed by atoms with van der Waals surface area (Å²) >= 11 is 0. The van der Waals surface area contributed by atoms with Crippen LogP contribution >= 0.6 is 0 Å². The molecule has 0 radical (unpaired) electrons. The third kappa shape index (κ3) is 3.13. The Bertz CT molecular complexity index is 155. The smallest absolute Gasteiger partial charge is 0.223 e. The van der Waals surface area contributed by atoms with Crippen LogP contribution in [0.2, 0.25) is 0 Å². The Labute approximate surface area is 62.0 Å². The van der Waals surface area contributed by atoms with Crippen LogP contribution in [0.3, 0.4) is 0 Å². The van der Waals surface area contributed by atoms with Crippen LogP contribution in [0, 0.1) is 18.3 Å². The molecule has 1 N–H and O–H groups in total. The van der Waals surface area contributed by atoms with Crippen LogP contribution in [0.25, 0.3) is 0 Å². The van der Waals surface area contributed by atoms with E-state index >= 15 is 0 Å². The summed E-state index contributed by atoms with van der Waals surface area (Å²) in [5.41, 5.74) is 0. The van der Waals surface area contributed by atoms with Crippen molar-refractivity contribution in [1.29, 1.82) is 0 Å².